The maximum atomic E-state index is 10.2. The van der Waals surface area contributed by atoms with Crippen molar-refractivity contribution in [2.24, 2.45) is 0 Å². The molecule has 0 atom stereocenters. The van der Waals surface area contributed by atoms with Crippen LogP contribution in [0.2, 0.25) is 0 Å². The number of carbonyl (C=O) groups is 1. The van der Waals surface area contributed by atoms with Gasteiger partial charge in [0.1, 0.15) is 0 Å². The summed E-state index contributed by atoms with van der Waals surface area (Å²) in [5.74, 6) is -1.97. The van der Waals surface area contributed by atoms with Gasteiger partial charge in [0.15, 0.2) is 0 Å². The number of hydrogen-bond donors (Lipinski definition) is 2. The van der Waals surface area contributed by atoms with Crippen molar-refractivity contribution in [3.8, 4) is 0 Å². The van der Waals surface area contributed by atoms with Crippen molar-refractivity contribution in [3.63, 3.8) is 0 Å². The Morgan fingerprint density at radius 3 is 2.15 bits per heavy atom. The molecule has 0 aliphatic heterocycles. The molecule has 0 saturated carbocycles. The Hall–Kier alpha value is -0.575. The van der Waals surface area contributed by atoms with E-state index in [1.807, 2.05) is 6.07 Å². The number of benzene rings is 1. The zero-order valence-electron chi connectivity index (χ0n) is 6.84. The van der Waals surface area contributed by atoms with Gasteiger partial charge in [-0.2, -0.15) is 0 Å². The Morgan fingerprint density at radius 1 is 1.15 bits per heavy atom. The summed E-state index contributed by atoms with van der Waals surface area (Å²) in [7, 11) is 0. The van der Waals surface area contributed by atoms with Gasteiger partial charge in [-0.1, -0.05) is 30.3 Å². The van der Waals surface area contributed by atoms with Crippen molar-refractivity contribution >= 4 is 12.0 Å². The molecule has 4 heteroatoms. The van der Waals surface area contributed by atoms with Crippen LogP contribution in [0.5, 0.6) is 0 Å². The van der Waals surface area contributed by atoms with Crippen LogP contribution in [0.3, 0.4) is 0 Å². The third-order valence-electron chi connectivity index (χ3n) is 1.32. The molecule has 1 rings (SSSR count). The molecule has 0 heterocycles. The first-order valence-electron chi connectivity index (χ1n) is 3.39. The maximum absolute atomic E-state index is 10.2. The van der Waals surface area contributed by atoms with Crippen LogP contribution in [0.15, 0.2) is 36.1 Å². The van der Waals surface area contributed by atoms with E-state index in [4.69, 9.17) is 10.2 Å². The second-order valence-electron chi connectivity index (χ2n) is 2.25. The van der Waals surface area contributed by atoms with Crippen molar-refractivity contribution in [1.29, 1.82) is 0 Å². The Morgan fingerprint density at radius 2 is 1.69 bits per heavy atom. The molecule has 3 nitrogen and oxygen atoms in total. The average molecular weight is 303 g/mol. The van der Waals surface area contributed by atoms with Crippen LogP contribution in [0.4, 0.5) is 0 Å². The minimum absolute atomic E-state index is 0. The van der Waals surface area contributed by atoms with E-state index in [2.05, 4.69) is 0 Å². The van der Waals surface area contributed by atoms with E-state index in [1.54, 1.807) is 24.3 Å². The van der Waals surface area contributed by atoms with E-state index >= 15 is 0 Å². The Bertz CT molecular complexity index is 306. The van der Waals surface area contributed by atoms with Gasteiger partial charge in [-0.25, -0.2) is 4.79 Å². The topological polar surface area (TPSA) is 57.5 Å². The molecule has 1 aromatic rings. The molecule has 0 aliphatic carbocycles. The van der Waals surface area contributed by atoms with Crippen molar-refractivity contribution in [3.05, 3.63) is 41.7 Å². The fraction of sp³-hybridized carbons (Fsp3) is 0. The molecule has 0 bridgehead atoms. The van der Waals surface area contributed by atoms with E-state index in [9.17, 15) is 4.79 Å². The Balaban J connectivity index is 0.00000144. The zero-order chi connectivity index (χ0) is 8.97. The number of carboxylic acid groups (broad SMARTS) is 1. The summed E-state index contributed by atoms with van der Waals surface area (Å²) in [6.07, 6.45) is 1.20. The predicted molar refractivity (Wildman–Crippen MR) is 44.7 cm³/mol. The number of rotatable bonds is 2. The van der Waals surface area contributed by atoms with Gasteiger partial charge < -0.3 is 10.2 Å². The summed E-state index contributed by atoms with van der Waals surface area (Å²) >= 11 is 0. The summed E-state index contributed by atoms with van der Waals surface area (Å²) < 4.78 is 0. The third-order valence-corrected chi connectivity index (χ3v) is 1.32. The van der Waals surface area contributed by atoms with E-state index in [1.165, 1.54) is 6.08 Å². The fourth-order valence-electron chi connectivity index (χ4n) is 0.769. The van der Waals surface area contributed by atoms with Crippen LogP contribution in [-0.4, -0.2) is 16.2 Å². The van der Waals surface area contributed by atoms with Gasteiger partial charge in [0, 0.05) is 35.6 Å². The number of carboxylic acids is 1. The number of aliphatic hydroxyl groups excluding tert-OH is 1. The molecule has 0 aromatic heterocycles. The molecule has 2 N–H and O–H groups in total. The number of aliphatic carboxylic acids is 1. The molecule has 13 heavy (non-hydrogen) atoms. The Labute approximate surface area is 104 Å². The van der Waals surface area contributed by atoms with Gasteiger partial charge in [0.05, 0.1) is 0 Å². The maximum Gasteiger partial charge on any atom is 0.370 e. The van der Waals surface area contributed by atoms with Crippen LogP contribution in [0.1, 0.15) is 5.56 Å². The standard InChI is InChI=1S/C9H8O3.La/c10-8(9(11)12)6-7-4-2-1-3-5-7;/h1-6,10H,(H,11,12);. The van der Waals surface area contributed by atoms with E-state index < -0.39 is 11.7 Å². The summed E-state index contributed by atoms with van der Waals surface area (Å²) in [4.78, 5) is 10.2. The predicted octanol–water partition coefficient (Wildman–Crippen LogP) is 1.67. The van der Waals surface area contributed by atoms with E-state index in [0.717, 1.165) is 0 Å². The molecular formula is C9H8LaO3. The van der Waals surface area contributed by atoms with Crippen molar-refractivity contribution in [2.75, 3.05) is 0 Å². The summed E-state index contributed by atoms with van der Waals surface area (Å²) in [6.45, 7) is 0. The van der Waals surface area contributed by atoms with Gasteiger partial charge in [0.25, 0.3) is 0 Å². The van der Waals surface area contributed by atoms with E-state index in [0.29, 0.717) is 5.56 Å². The van der Waals surface area contributed by atoms with Gasteiger partial charge in [-0.15, -0.1) is 0 Å². The van der Waals surface area contributed by atoms with E-state index in [-0.39, 0.29) is 35.6 Å². The molecule has 0 unspecified atom stereocenters. The fourth-order valence-corrected chi connectivity index (χ4v) is 0.769. The number of aliphatic hydroxyl groups is 1. The number of hydrogen-bond acceptors (Lipinski definition) is 2. The first-order chi connectivity index (χ1) is 5.70. The first-order valence-corrected chi connectivity index (χ1v) is 3.39. The van der Waals surface area contributed by atoms with Gasteiger partial charge in [-0.3, -0.25) is 0 Å². The second kappa shape index (κ2) is 5.97. The molecule has 65 valence electrons. The van der Waals surface area contributed by atoms with Crippen LogP contribution >= 0.6 is 0 Å². The summed E-state index contributed by atoms with van der Waals surface area (Å²) in [5.41, 5.74) is 0.664. The molecule has 0 aliphatic rings. The molecule has 0 amide bonds. The molecule has 0 spiro atoms. The average Bonchev–Trinajstić information content (AvgIpc) is 2.06. The van der Waals surface area contributed by atoms with Gasteiger partial charge in [0.2, 0.25) is 5.76 Å². The van der Waals surface area contributed by atoms with Gasteiger partial charge in [-0.05, 0) is 11.6 Å². The first kappa shape index (κ1) is 12.4. The summed E-state index contributed by atoms with van der Waals surface area (Å²) in [6, 6.07) is 8.76. The molecular weight excluding hydrogens is 295 g/mol. The van der Waals surface area contributed by atoms with Crippen LogP contribution in [-0.2, 0) is 4.79 Å². The smallest absolute Gasteiger partial charge is 0.370 e. The second-order valence-corrected chi connectivity index (χ2v) is 2.25. The van der Waals surface area contributed by atoms with Crippen molar-refractivity contribution in [2.45, 2.75) is 0 Å². The summed E-state index contributed by atoms with van der Waals surface area (Å²) in [5, 5.41) is 17.2. The molecule has 1 aromatic carbocycles. The Kier molecular flexibility index (Phi) is 5.70. The minimum atomic E-state index is -1.32. The third kappa shape index (κ3) is 4.27. The molecule has 0 saturated heterocycles. The zero-order valence-corrected chi connectivity index (χ0v) is 10.5. The van der Waals surface area contributed by atoms with Crippen molar-refractivity contribution in [1.82, 2.24) is 0 Å². The normalized spacial score (nSPS) is 10.3. The van der Waals surface area contributed by atoms with Crippen LogP contribution in [0, 0.1) is 35.6 Å². The van der Waals surface area contributed by atoms with Gasteiger partial charge >= 0.3 is 5.97 Å². The molecule has 0 fully saturated rings. The van der Waals surface area contributed by atoms with Crippen LogP contribution in [0.25, 0.3) is 6.08 Å². The van der Waals surface area contributed by atoms with Crippen molar-refractivity contribution < 1.29 is 50.6 Å². The monoisotopic (exact) mass is 303 g/mol. The largest absolute Gasteiger partial charge is 0.502 e. The molecule has 1 radical (unpaired) electrons. The quantitative estimate of drug-likeness (QED) is 0.645. The van der Waals surface area contributed by atoms with Crippen LogP contribution < -0.4 is 0 Å². The minimum Gasteiger partial charge on any atom is -0.502 e. The SMILES string of the molecule is O=C(O)C(O)=Cc1ccccc1.[La].